The molecule has 1 aliphatic rings. The number of anilines is 1. The molecule has 0 heterocycles. The van der Waals surface area contributed by atoms with Crippen molar-refractivity contribution in [3.8, 4) is 0 Å². The van der Waals surface area contributed by atoms with Crippen molar-refractivity contribution in [3.05, 3.63) is 23.8 Å². The summed E-state index contributed by atoms with van der Waals surface area (Å²) in [5.74, 6) is 0.934. The average Bonchev–Trinajstić information content (AvgIpc) is 2.31. The summed E-state index contributed by atoms with van der Waals surface area (Å²) in [6.07, 6.45) is 2.62. The fourth-order valence-corrected chi connectivity index (χ4v) is 5.46. The largest absolute Gasteiger partial charge is 0.398 e. The van der Waals surface area contributed by atoms with Crippen molar-refractivity contribution >= 4 is 15.5 Å². The molecule has 1 aromatic carbocycles. The van der Waals surface area contributed by atoms with Gasteiger partial charge in [-0.05, 0) is 55.7 Å². The van der Waals surface area contributed by atoms with E-state index in [1.165, 1.54) is 0 Å². The van der Waals surface area contributed by atoms with Gasteiger partial charge in [-0.2, -0.15) is 0 Å². The molecule has 0 bridgehead atoms. The van der Waals surface area contributed by atoms with Crippen LogP contribution in [0.4, 0.5) is 5.69 Å². The molecule has 106 valence electrons. The summed E-state index contributed by atoms with van der Waals surface area (Å²) >= 11 is 0. The van der Waals surface area contributed by atoms with Crippen LogP contribution in [0, 0.1) is 18.8 Å². The van der Waals surface area contributed by atoms with Crippen LogP contribution in [0.1, 0.15) is 38.7 Å². The molecule has 2 unspecified atom stereocenters. The number of rotatable bonds is 2. The lowest BCUT2D eigenvalue weighted by molar-refractivity contribution is 0.301. The number of hydrogen-bond acceptors (Lipinski definition) is 3. The lowest BCUT2D eigenvalue weighted by atomic mass is 9.83. The van der Waals surface area contributed by atoms with Crippen molar-refractivity contribution < 1.29 is 8.42 Å². The van der Waals surface area contributed by atoms with Gasteiger partial charge in [0.2, 0.25) is 0 Å². The Labute approximate surface area is 116 Å². The molecule has 3 nitrogen and oxygen atoms in total. The second kappa shape index (κ2) is 5.16. The van der Waals surface area contributed by atoms with Crippen molar-refractivity contribution in [3.63, 3.8) is 0 Å². The maximum atomic E-state index is 12.8. The van der Waals surface area contributed by atoms with Crippen molar-refractivity contribution in [2.75, 3.05) is 5.73 Å². The summed E-state index contributed by atoms with van der Waals surface area (Å²) in [4.78, 5) is 0.318. The van der Waals surface area contributed by atoms with E-state index in [-0.39, 0.29) is 5.25 Å². The van der Waals surface area contributed by atoms with Crippen LogP contribution in [-0.4, -0.2) is 13.7 Å². The first kappa shape index (κ1) is 14.4. The van der Waals surface area contributed by atoms with E-state index in [4.69, 9.17) is 5.73 Å². The highest BCUT2D eigenvalue weighted by molar-refractivity contribution is 7.92. The van der Waals surface area contributed by atoms with Gasteiger partial charge in [0.05, 0.1) is 15.8 Å². The Bertz CT molecular complexity index is 556. The molecule has 1 aromatic rings. The van der Waals surface area contributed by atoms with E-state index in [0.717, 1.165) is 24.8 Å². The van der Waals surface area contributed by atoms with E-state index in [2.05, 4.69) is 13.8 Å². The van der Waals surface area contributed by atoms with E-state index in [0.29, 0.717) is 22.4 Å². The monoisotopic (exact) mass is 281 g/mol. The number of sulfone groups is 1. The van der Waals surface area contributed by atoms with Crippen LogP contribution in [0.2, 0.25) is 0 Å². The van der Waals surface area contributed by atoms with Gasteiger partial charge in [-0.3, -0.25) is 0 Å². The van der Waals surface area contributed by atoms with Gasteiger partial charge in [-0.1, -0.05) is 19.9 Å². The molecule has 2 atom stereocenters. The second-order valence-corrected chi connectivity index (χ2v) is 8.32. The van der Waals surface area contributed by atoms with E-state index in [9.17, 15) is 8.42 Å². The zero-order chi connectivity index (χ0) is 14.2. The van der Waals surface area contributed by atoms with Gasteiger partial charge in [-0.25, -0.2) is 8.42 Å². The van der Waals surface area contributed by atoms with Crippen LogP contribution in [0.3, 0.4) is 0 Å². The van der Waals surface area contributed by atoms with Crippen LogP contribution in [-0.2, 0) is 9.84 Å². The first-order valence-electron chi connectivity index (χ1n) is 6.90. The third-order valence-electron chi connectivity index (χ3n) is 4.05. The van der Waals surface area contributed by atoms with Gasteiger partial charge in [0.25, 0.3) is 0 Å². The molecule has 4 heteroatoms. The predicted octanol–water partition coefficient (Wildman–Crippen LogP) is 3.18. The zero-order valence-corrected chi connectivity index (χ0v) is 12.7. The Balaban J connectivity index is 2.39. The molecule has 1 saturated carbocycles. The smallest absolute Gasteiger partial charge is 0.183 e. The van der Waals surface area contributed by atoms with Crippen LogP contribution >= 0.6 is 0 Å². The third-order valence-corrected chi connectivity index (χ3v) is 6.28. The average molecular weight is 281 g/mol. The molecule has 0 aliphatic heterocycles. The lowest BCUT2D eigenvalue weighted by Crippen LogP contribution is -2.31. The Hall–Kier alpha value is -1.03. The fraction of sp³-hybridized carbons (Fsp3) is 0.600. The van der Waals surface area contributed by atoms with Crippen molar-refractivity contribution in [2.45, 2.75) is 50.2 Å². The first-order valence-corrected chi connectivity index (χ1v) is 8.45. The summed E-state index contributed by atoms with van der Waals surface area (Å²) < 4.78 is 25.5. The van der Waals surface area contributed by atoms with Gasteiger partial charge < -0.3 is 5.73 Å². The zero-order valence-electron chi connectivity index (χ0n) is 11.9. The third kappa shape index (κ3) is 2.94. The highest BCUT2D eigenvalue weighted by Crippen LogP contribution is 2.36. The Morgan fingerprint density at radius 3 is 2.26 bits per heavy atom. The highest BCUT2D eigenvalue weighted by atomic mass is 32.2. The lowest BCUT2D eigenvalue weighted by Gasteiger charge is -2.31. The maximum Gasteiger partial charge on any atom is 0.183 e. The van der Waals surface area contributed by atoms with Gasteiger partial charge in [0.15, 0.2) is 9.84 Å². The molecule has 0 saturated heterocycles. The predicted molar refractivity (Wildman–Crippen MR) is 78.7 cm³/mol. The van der Waals surface area contributed by atoms with Crippen LogP contribution < -0.4 is 5.73 Å². The van der Waals surface area contributed by atoms with Gasteiger partial charge in [-0.15, -0.1) is 0 Å². The molecule has 0 spiro atoms. The van der Waals surface area contributed by atoms with Crippen LogP contribution in [0.25, 0.3) is 0 Å². The van der Waals surface area contributed by atoms with Gasteiger partial charge in [0, 0.05) is 0 Å². The second-order valence-electron chi connectivity index (χ2n) is 6.13. The first-order chi connectivity index (χ1) is 8.80. The van der Waals surface area contributed by atoms with Crippen LogP contribution in [0.5, 0.6) is 0 Å². The summed E-state index contributed by atoms with van der Waals surface area (Å²) in [6.45, 7) is 6.17. The number of benzene rings is 1. The normalized spacial score (nSPS) is 28.3. The van der Waals surface area contributed by atoms with Gasteiger partial charge in [0.1, 0.15) is 0 Å². The van der Waals surface area contributed by atoms with Crippen molar-refractivity contribution in [1.82, 2.24) is 0 Å². The minimum Gasteiger partial charge on any atom is -0.398 e. The molecule has 0 aromatic heterocycles. The summed E-state index contributed by atoms with van der Waals surface area (Å²) in [7, 11) is -3.31. The fourth-order valence-electron chi connectivity index (χ4n) is 3.19. The van der Waals surface area contributed by atoms with Gasteiger partial charge >= 0.3 is 0 Å². The molecular weight excluding hydrogens is 258 g/mol. The highest BCUT2D eigenvalue weighted by Gasteiger charge is 2.35. The van der Waals surface area contributed by atoms with E-state index in [1.54, 1.807) is 12.1 Å². The molecule has 1 aliphatic carbocycles. The summed E-state index contributed by atoms with van der Waals surface area (Å²) in [5, 5.41) is -0.282. The molecule has 1 fully saturated rings. The topological polar surface area (TPSA) is 60.2 Å². The molecule has 19 heavy (non-hydrogen) atoms. The van der Waals surface area contributed by atoms with E-state index >= 15 is 0 Å². The van der Waals surface area contributed by atoms with Crippen molar-refractivity contribution in [2.24, 2.45) is 11.8 Å². The summed E-state index contributed by atoms with van der Waals surface area (Å²) in [5.41, 5.74) is 7.18. The Morgan fingerprint density at radius 2 is 1.68 bits per heavy atom. The number of hydrogen-bond donors (Lipinski definition) is 1. The molecular formula is C15H23NO2S. The minimum absolute atomic E-state index is 0.282. The molecule has 0 amide bonds. The molecule has 0 radical (unpaired) electrons. The maximum absolute atomic E-state index is 12.8. The Kier molecular flexibility index (Phi) is 3.90. The SMILES string of the molecule is Cc1ccc(N)c(S(=O)(=O)C2CC(C)CC(C)C2)c1. The van der Waals surface area contributed by atoms with Crippen molar-refractivity contribution in [1.29, 1.82) is 0 Å². The van der Waals surface area contributed by atoms with Crippen LogP contribution in [0.15, 0.2) is 23.1 Å². The minimum atomic E-state index is -3.31. The number of nitrogen functional groups attached to an aromatic ring is 1. The van der Waals surface area contributed by atoms with E-state index < -0.39 is 9.84 Å². The molecule has 2 N–H and O–H groups in total. The summed E-state index contributed by atoms with van der Waals surface area (Å²) in [6, 6.07) is 5.24. The quantitative estimate of drug-likeness (QED) is 0.847. The Morgan fingerprint density at radius 1 is 1.11 bits per heavy atom. The standard InChI is InChI=1S/C15H23NO2S/c1-10-4-5-14(16)15(9-10)19(17,18)13-7-11(2)6-12(3)8-13/h4-5,9,11-13H,6-8,16H2,1-3H3. The van der Waals surface area contributed by atoms with E-state index in [1.807, 2.05) is 13.0 Å². The molecule has 2 rings (SSSR count). The number of nitrogens with two attached hydrogens (primary N) is 1. The number of aryl methyl sites for hydroxylation is 1.